The Kier molecular flexibility index (Phi) is 2.94. The molecule has 1 aromatic carbocycles. The van der Waals surface area contributed by atoms with Gasteiger partial charge in [0.15, 0.2) is 0 Å². The van der Waals surface area contributed by atoms with Gasteiger partial charge in [-0.15, -0.1) is 0 Å². The number of hydrogen-bond acceptors (Lipinski definition) is 2. The van der Waals surface area contributed by atoms with E-state index >= 15 is 0 Å². The zero-order chi connectivity index (χ0) is 11.8. The van der Waals surface area contributed by atoms with Crippen LogP contribution in [-0.4, -0.2) is 18.7 Å². The summed E-state index contributed by atoms with van der Waals surface area (Å²) in [6, 6.07) is 4.38. The average molecular weight is 219 g/mol. The lowest BCUT2D eigenvalue weighted by molar-refractivity contribution is 0.109. The Morgan fingerprint density at radius 2 is 1.81 bits per heavy atom. The van der Waals surface area contributed by atoms with Crippen LogP contribution in [-0.2, 0) is 0 Å². The van der Waals surface area contributed by atoms with Crippen molar-refractivity contribution in [3.05, 3.63) is 28.8 Å². The molecule has 1 atom stereocenters. The van der Waals surface area contributed by atoms with Gasteiger partial charge in [0, 0.05) is 13.0 Å². The third kappa shape index (κ3) is 2.22. The van der Waals surface area contributed by atoms with Crippen LogP contribution in [0.15, 0.2) is 12.1 Å². The summed E-state index contributed by atoms with van der Waals surface area (Å²) in [6.45, 7) is 10.6. The number of aryl methyl sites for hydroxylation is 3. The predicted molar refractivity (Wildman–Crippen MR) is 67.2 cm³/mol. The van der Waals surface area contributed by atoms with Gasteiger partial charge in [-0.25, -0.2) is 0 Å². The zero-order valence-corrected chi connectivity index (χ0v) is 10.7. The third-order valence-electron chi connectivity index (χ3n) is 3.28. The Bertz CT molecular complexity index is 369. The molecule has 16 heavy (non-hydrogen) atoms. The van der Waals surface area contributed by atoms with E-state index in [9.17, 15) is 0 Å². The molecule has 2 heteroatoms. The summed E-state index contributed by atoms with van der Waals surface area (Å²) in [5, 5.41) is 3.36. The van der Waals surface area contributed by atoms with Crippen LogP contribution in [0.5, 0.6) is 5.75 Å². The van der Waals surface area contributed by atoms with Crippen LogP contribution in [0.25, 0.3) is 0 Å². The second-order valence-corrected chi connectivity index (χ2v) is 5.21. The van der Waals surface area contributed by atoms with Gasteiger partial charge in [-0.2, -0.15) is 0 Å². The van der Waals surface area contributed by atoms with Crippen LogP contribution in [0.4, 0.5) is 0 Å². The van der Waals surface area contributed by atoms with E-state index in [1.165, 1.54) is 16.7 Å². The minimum Gasteiger partial charge on any atom is -0.486 e. The smallest absolute Gasteiger partial charge is 0.126 e. The molecular formula is C14H21NO. The number of rotatable bonds is 2. The quantitative estimate of drug-likeness (QED) is 0.826. The van der Waals surface area contributed by atoms with Gasteiger partial charge in [-0.05, 0) is 45.4 Å². The number of ether oxygens (including phenoxy) is 1. The summed E-state index contributed by atoms with van der Waals surface area (Å²) in [4.78, 5) is 0. The van der Waals surface area contributed by atoms with Crippen molar-refractivity contribution in [1.29, 1.82) is 0 Å². The normalized spacial score (nSPS) is 24.8. The van der Waals surface area contributed by atoms with Crippen LogP contribution in [0.1, 0.15) is 30.0 Å². The van der Waals surface area contributed by atoms with Crippen molar-refractivity contribution >= 4 is 0 Å². The first-order chi connectivity index (χ1) is 7.50. The molecule has 0 spiro atoms. The molecule has 0 amide bonds. The molecule has 2 nitrogen and oxygen atoms in total. The summed E-state index contributed by atoms with van der Waals surface area (Å²) in [5.41, 5.74) is 3.75. The van der Waals surface area contributed by atoms with Crippen LogP contribution >= 0.6 is 0 Å². The second kappa shape index (κ2) is 4.10. The molecule has 0 saturated carbocycles. The minimum atomic E-state index is -0.0369. The van der Waals surface area contributed by atoms with Crippen molar-refractivity contribution in [2.45, 2.75) is 39.7 Å². The van der Waals surface area contributed by atoms with E-state index < -0.39 is 0 Å². The van der Waals surface area contributed by atoms with Gasteiger partial charge >= 0.3 is 0 Å². The largest absolute Gasteiger partial charge is 0.486 e. The van der Waals surface area contributed by atoms with Crippen LogP contribution in [0.2, 0.25) is 0 Å². The third-order valence-corrected chi connectivity index (χ3v) is 3.28. The lowest BCUT2D eigenvalue weighted by atomic mass is 10.0. The van der Waals surface area contributed by atoms with E-state index in [0.29, 0.717) is 0 Å². The van der Waals surface area contributed by atoms with E-state index in [0.717, 1.165) is 25.3 Å². The molecule has 88 valence electrons. The Balaban J connectivity index is 2.27. The van der Waals surface area contributed by atoms with E-state index in [1.807, 2.05) is 0 Å². The molecule has 1 saturated heterocycles. The Morgan fingerprint density at radius 1 is 1.19 bits per heavy atom. The minimum absolute atomic E-state index is 0.0369. The van der Waals surface area contributed by atoms with E-state index in [2.05, 4.69) is 45.1 Å². The van der Waals surface area contributed by atoms with Crippen molar-refractivity contribution in [3.63, 3.8) is 0 Å². The van der Waals surface area contributed by atoms with Crippen LogP contribution in [0.3, 0.4) is 0 Å². The lowest BCUT2D eigenvalue weighted by Gasteiger charge is -2.27. The van der Waals surface area contributed by atoms with Crippen molar-refractivity contribution in [2.24, 2.45) is 0 Å². The first-order valence-electron chi connectivity index (χ1n) is 5.98. The fourth-order valence-corrected chi connectivity index (χ4v) is 2.46. The molecule has 1 fully saturated rings. The monoisotopic (exact) mass is 219 g/mol. The van der Waals surface area contributed by atoms with E-state index in [-0.39, 0.29) is 5.60 Å². The Hall–Kier alpha value is -1.02. The summed E-state index contributed by atoms with van der Waals surface area (Å²) in [5.74, 6) is 1.07. The Labute approximate surface area is 98.0 Å². The highest BCUT2D eigenvalue weighted by Gasteiger charge is 2.31. The van der Waals surface area contributed by atoms with Gasteiger partial charge in [-0.1, -0.05) is 17.7 Å². The maximum Gasteiger partial charge on any atom is 0.126 e. The summed E-state index contributed by atoms with van der Waals surface area (Å²) in [6.07, 6.45) is 1.08. The van der Waals surface area contributed by atoms with E-state index in [4.69, 9.17) is 4.74 Å². The molecule has 1 heterocycles. The molecule has 0 bridgehead atoms. The maximum absolute atomic E-state index is 6.22. The fourth-order valence-electron chi connectivity index (χ4n) is 2.46. The summed E-state index contributed by atoms with van der Waals surface area (Å²) in [7, 11) is 0. The first-order valence-corrected chi connectivity index (χ1v) is 5.98. The molecule has 1 unspecified atom stereocenters. The van der Waals surface area contributed by atoms with Crippen molar-refractivity contribution in [3.8, 4) is 5.75 Å². The van der Waals surface area contributed by atoms with Gasteiger partial charge < -0.3 is 10.1 Å². The average Bonchev–Trinajstić information content (AvgIpc) is 2.59. The van der Waals surface area contributed by atoms with Crippen molar-refractivity contribution in [2.75, 3.05) is 13.1 Å². The van der Waals surface area contributed by atoms with Gasteiger partial charge in [0.25, 0.3) is 0 Å². The van der Waals surface area contributed by atoms with Gasteiger partial charge in [0.05, 0.1) is 0 Å². The van der Waals surface area contributed by atoms with Gasteiger partial charge in [0.1, 0.15) is 11.4 Å². The predicted octanol–water partition coefficient (Wildman–Crippen LogP) is 2.74. The molecule has 0 aliphatic carbocycles. The molecule has 1 N–H and O–H groups in total. The van der Waals surface area contributed by atoms with Gasteiger partial charge in [-0.3, -0.25) is 0 Å². The number of nitrogens with one attached hydrogen (secondary N) is 1. The highest BCUT2D eigenvalue weighted by molar-refractivity contribution is 5.43. The molecular weight excluding hydrogens is 198 g/mol. The van der Waals surface area contributed by atoms with Crippen molar-refractivity contribution in [1.82, 2.24) is 5.32 Å². The van der Waals surface area contributed by atoms with Crippen molar-refractivity contribution < 1.29 is 4.74 Å². The summed E-state index contributed by atoms with van der Waals surface area (Å²) >= 11 is 0. The lowest BCUT2D eigenvalue weighted by Crippen LogP contribution is -2.35. The molecule has 2 rings (SSSR count). The molecule has 1 aliphatic rings. The maximum atomic E-state index is 6.22. The number of hydrogen-bond donors (Lipinski definition) is 1. The van der Waals surface area contributed by atoms with Crippen LogP contribution < -0.4 is 10.1 Å². The topological polar surface area (TPSA) is 21.3 Å². The Morgan fingerprint density at radius 3 is 2.31 bits per heavy atom. The highest BCUT2D eigenvalue weighted by Crippen LogP contribution is 2.30. The molecule has 0 radical (unpaired) electrons. The summed E-state index contributed by atoms with van der Waals surface area (Å²) < 4.78 is 6.22. The van der Waals surface area contributed by atoms with E-state index in [1.54, 1.807) is 0 Å². The SMILES string of the molecule is Cc1cc(C)c(OC2(C)CCNC2)c(C)c1. The number of benzene rings is 1. The highest BCUT2D eigenvalue weighted by atomic mass is 16.5. The molecule has 1 aromatic rings. The molecule has 1 aliphatic heterocycles. The first kappa shape index (κ1) is 11.5. The standard InChI is InChI=1S/C14H21NO/c1-10-7-11(2)13(12(3)8-10)16-14(4)5-6-15-9-14/h7-8,15H,5-6,9H2,1-4H3. The van der Waals surface area contributed by atoms with Crippen LogP contribution in [0, 0.1) is 20.8 Å². The van der Waals surface area contributed by atoms with Gasteiger partial charge in [0.2, 0.25) is 0 Å². The zero-order valence-electron chi connectivity index (χ0n) is 10.7. The molecule has 0 aromatic heterocycles. The second-order valence-electron chi connectivity index (χ2n) is 5.21. The fraction of sp³-hybridized carbons (Fsp3) is 0.571.